The zero-order valence-corrected chi connectivity index (χ0v) is 18.3. The first-order chi connectivity index (χ1) is 16.1. The molecule has 1 atom stereocenters. The summed E-state index contributed by atoms with van der Waals surface area (Å²) in [7, 11) is -6.67. The number of esters is 1. The topological polar surface area (TPSA) is 119 Å². The third kappa shape index (κ3) is 8.86. The van der Waals surface area contributed by atoms with E-state index in [4.69, 9.17) is 4.55 Å². The SMILES string of the molecule is C=C(C(=O)OC(OCCCCC(F)(F)C(F)(F)S(=O)(=O)O)(C(=O)NCC(F)(F)F)C(F)(F)F)C(F)(F)F. The number of hydrogen-bond donors (Lipinski definition) is 2. The molecule has 22 heteroatoms. The monoisotopic (exact) mass is 599 g/mol. The van der Waals surface area contributed by atoms with Crippen LogP contribution >= 0.6 is 0 Å². The van der Waals surface area contributed by atoms with Crippen molar-refractivity contribution in [3.63, 3.8) is 0 Å². The first kappa shape index (κ1) is 34.6. The fraction of sp³-hybridized carbons (Fsp3) is 0.733. The van der Waals surface area contributed by atoms with E-state index >= 15 is 0 Å². The highest BCUT2D eigenvalue weighted by Gasteiger charge is 2.67. The van der Waals surface area contributed by atoms with Gasteiger partial charge >= 0.3 is 57.5 Å². The summed E-state index contributed by atoms with van der Waals surface area (Å²) in [6.45, 7) is -2.26. The quantitative estimate of drug-likeness (QED) is 0.0873. The fourth-order valence-electron chi connectivity index (χ4n) is 2.01. The number of alkyl halides is 13. The predicted molar refractivity (Wildman–Crippen MR) is 90.4 cm³/mol. The lowest BCUT2D eigenvalue weighted by Gasteiger charge is -2.33. The molecule has 218 valence electrons. The van der Waals surface area contributed by atoms with E-state index in [1.165, 1.54) is 0 Å². The van der Waals surface area contributed by atoms with E-state index in [0.717, 1.165) is 0 Å². The van der Waals surface area contributed by atoms with E-state index in [0.29, 0.717) is 5.32 Å². The first-order valence-electron chi connectivity index (χ1n) is 8.90. The van der Waals surface area contributed by atoms with Gasteiger partial charge in [0.15, 0.2) is 0 Å². The van der Waals surface area contributed by atoms with Crippen LogP contribution in [0.2, 0.25) is 0 Å². The van der Waals surface area contributed by atoms with E-state index in [1.54, 1.807) is 0 Å². The van der Waals surface area contributed by atoms with Crippen molar-refractivity contribution in [2.24, 2.45) is 0 Å². The summed E-state index contributed by atoms with van der Waals surface area (Å²) in [6, 6.07) is 0. The molecular formula is C15H14F13NO7S. The summed E-state index contributed by atoms with van der Waals surface area (Å²) in [5.74, 6) is -16.8. The average molecular weight is 599 g/mol. The maximum atomic E-state index is 13.6. The Bertz CT molecular complexity index is 957. The summed E-state index contributed by atoms with van der Waals surface area (Å²) in [6.07, 6.45) is -22.4. The van der Waals surface area contributed by atoms with Gasteiger partial charge in [-0.2, -0.15) is 65.5 Å². The van der Waals surface area contributed by atoms with Gasteiger partial charge in [0, 0.05) is 6.42 Å². The molecule has 2 N–H and O–H groups in total. The summed E-state index contributed by atoms with van der Waals surface area (Å²) < 4.78 is 204. The molecule has 0 saturated carbocycles. The summed E-state index contributed by atoms with van der Waals surface area (Å²) in [4.78, 5) is 23.4. The van der Waals surface area contributed by atoms with Crippen LogP contribution in [0.5, 0.6) is 0 Å². The van der Waals surface area contributed by atoms with Gasteiger partial charge in [-0.3, -0.25) is 9.35 Å². The maximum absolute atomic E-state index is 13.6. The zero-order chi connectivity index (χ0) is 29.9. The van der Waals surface area contributed by atoms with E-state index in [2.05, 4.69) is 16.1 Å². The number of carbonyl (C=O) groups excluding carboxylic acids is 2. The lowest BCUT2D eigenvalue weighted by Crippen LogP contribution is -2.62. The Morgan fingerprint density at radius 1 is 0.865 bits per heavy atom. The lowest BCUT2D eigenvalue weighted by molar-refractivity contribution is -0.348. The van der Waals surface area contributed by atoms with Crippen LogP contribution in [0.1, 0.15) is 19.3 Å². The van der Waals surface area contributed by atoms with Crippen LogP contribution in [-0.4, -0.2) is 73.5 Å². The van der Waals surface area contributed by atoms with Gasteiger partial charge in [0.2, 0.25) is 0 Å². The molecule has 0 aliphatic rings. The van der Waals surface area contributed by atoms with Crippen molar-refractivity contribution >= 4 is 22.0 Å². The maximum Gasteiger partial charge on any atom is 0.466 e. The molecule has 8 nitrogen and oxygen atoms in total. The van der Waals surface area contributed by atoms with Crippen molar-refractivity contribution in [3.8, 4) is 0 Å². The van der Waals surface area contributed by atoms with Gasteiger partial charge in [0.1, 0.15) is 12.1 Å². The van der Waals surface area contributed by atoms with Crippen molar-refractivity contribution < 1.29 is 89.1 Å². The second-order valence-corrected chi connectivity index (χ2v) is 8.24. The Kier molecular flexibility index (Phi) is 10.5. The molecule has 0 aliphatic carbocycles. The minimum atomic E-state index is -6.67. The van der Waals surface area contributed by atoms with Crippen LogP contribution in [0.25, 0.3) is 0 Å². The minimum absolute atomic E-state index is 0.544. The first-order valence-corrected chi connectivity index (χ1v) is 10.3. The fourth-order valence-corrected chi connectivity index (χ4v) is 2.49. The molecule has 0 heterocycles. The van der Waals surface area contributed by atoms with Crippen molar-refractivity contribution in [2.45, 2.75) is 54.8 Å². The Morgan fingerprint density at radius 3 is 1.73 bits per heavy atom. The summed E-state index contributed by atoms with van der Waals surface area (Å²) >= 11 is 0. The van der Waals surface area contributed by atoms with Gasteiger partial charge in [0.05, 0.1) is 6.61 Å². The second-order valence-electron chi connectivity index (χ2n) is 6.78. The molecule has 0 aromatic carbocycles. The lowest BCUT2D eigenvalue weighted by atomic mass is 10.1. The van der Waals surface area contributed by atoms with Gasteiger partial charge < -0.3 is 14.8 Å². The molecule has 0 aliphatic heterocycles. The van der Waals surface area contributed by atoms with E-state index in [-0.39, 0.29) is 0 Å². The standard InChI is InChI=1S/C15H14F13NO7S/c1-7(13(21,22)23)8(30)36-12(14(24,25)26,9(31)29-6-11(18,19)20)35-5-3-2-4-10(16,17)15(27,28)37(32,33)34/h1-6H2,(H,29,31)(H,32,33,34). The molecule has 0 saturated heterocycles. The average Bonchev–Trinajstić information content (AvgIpc) is 2.66. The largest absolute Gasteiger partial charge is 0.466 e. The van der Waals surface area contributed by atoms with Crippen LogP contribution in [0, 0.1) is 0 Å². The molecule has 0 radical (unpaired) electrons. The predicted octanol–water partition coefficient (Wildman–Crippen LogP) is 3.89. The molecule has 1 amide bonds. The van der Waals surface area contributed by atoms with E-state index in [9.17, 15) is 75.1 Å². The van der Waals surface area contributed by atoms with Crippen molar-refractivity contribution in [1.29, 1.82) is 0 Å². The molecule has 0 fully saturated rings. The minimum Gasteiger partial charge on any atom is -0.412 e. The van der Waals surface area contributed by atoms with Crippen molar-refractivity contribution in [2.75, 3.05) is 13.2 Å². The number of ether oxygens (including phenoxy) is 2. The van der Waals surface area contributed by atoms with Gasteiger partial charge in [0.25, 0.3) is 0 Å². The normalized spacial score (nSPS) is 15.6. The third-order valence-corrected chi connectivity index (χ3v) is 4.83. The molecule has 0 aromatic heterocycles. The van der Waals surface area contributed by atoms with Crippen molar-refractivity contribution in [1.82, 2.24) is 5.32 Å². The van der Waals surface area contributed by atoms with Crippen LogP contribution in [0.4, 0.5) is 57.1 Å². The number of carbonyl (C=O) groups is 2. The molecule has 0 bridgehead atoms. The Hall–Kier alpha value is -2.36. The molecule has 1 unspecified atom stereocenters. The Morgan fingerprint density at radius 2 is 1.35 bits per heavy atom. The Balaban J connectivity index is 5.91. The highest BCUT2D eigenvalue weighted by Crippen LogP contribution is 2.42. The molecule has 0 spiro atoms. The summed E-state index contributed by atoms with van der Waals surface area (Å²) in [5, 5.41) is -5.52. The van der Waals surface area contributed by atoms with Crippen molar-refractivity contribution in [3.05, 3.63) is 12.2 Å². The van der Waals surface area contributed by atoms with Crippen LogP contribution in [0.3, 0.4) is 0 Å². The number of rotatable bonds is 12. The molecular weight excluding hydrogens is 585 g/mol. The Labute approximate surface area is 197 Å². The highest BCUT2D eigenvalue weighted by molar-refractivity contribution is 7.87. The van der Waals surface area contributed by atoms with E-state index < -0.39 is 95.5 Å². The van der Waals surface area contributed by atoms with Gasteiger partial charge in [-0.05, 0) is 12.8 Å². The van der Waals surface area contributed by atoms with E-state index in [1.807, 2.05) is 0 Å². The van der Waals surface area contributed by atoms with Crippen LogP contribution in [-0.2, 0) is 29.2 Å². The highest BCUT2D eigenvalue weighted by atomic mass is 32.2. The smallest absolute Gasteiger partial charge is 0.412 e. The number of halogens is 13. The molecule has 37 heavy (non-hydrogen) atoms. The summed E-state index contributed by atoms with van der Waals surface area (Å²) in [5.41, 5.74) is -2.68. The van der Waals surface area contributed by atoms with Gasteiger partial charge in [-0.1, -0.05) is 6.58 Å². The van der Waals surface area contributed by atoms with Crippen LogP contribution in [0.15, 0.2) is 12.2 Å². The third-order valence-electron chi connectivity index (χ3n) is 3.89. The van der Waals surface area contributed by atoms with Gasteiger partial charge in [-0.25, -0.2) is 4.79 Å². The van der Waals surface area contributed by atoms with Crippen LogP contribution < -0.4 is 5.32 Å². The number of unbranched alkanes of at least 4 members (excludes halogenated alkanes) is 1. The number of hydrogen-bond acceptors (Lipinski definition) is 6. The molecule has 0 rings (SSSR count). The van der Waals surface area contributed by atoms with Gasteiger partial charge in [-0.15, -0.1) is 0 Å². The zero-order valence-electron chi connectivity index (χ0n) is 17.5. The second kappa shape index (κ2) is 11.2. The number of nitrogens with one attached hydrogen (secondary N) is 1. The molecule has 0 aromatic rings. The number of amides is 1.